The van der Waals surface area contributed by atoms with Crippen molar-refractivity contribution in [2.45, 2.75) is 26.7 Å². The number of aromatic carboxylic acids is 1. The molecule has 0 saturated carbocycles. The quantitative estimate of drug-likeness (QED) is 0.730. The number of imidazole rings is 1. The van der Waals surface area contributed by atoms with Crippen molar-refractivity contribution in [3.8, 4) is 11.4 Å². The van der Waals surface area contributed by atoms with Crippen molar-refractivity contribution < 1.29 is 14.5 Å². The van der Waals surface area contributed by atoms with Crippen LogP contribution >= 0.6 is 0 Å². The summed E-state index contributed by atoms with van der Waals surface area (Å²) in [5.41, 5.74) is 4.05. The Labute approximate surface area is 141 Å². The van der Waals surface area contributed by atoms with Gasteiger partial charge in [0.1, 0.15) is 23.8 Å². The number of aryl methyl sites for hydroxylation is 2. The van der Waals surface area contributed by atoms with E-state index in [0.29, 0.717) is 0 Å². The van der Waals surface area contributed by atoms with Gasteiger partial charge < -0.3 is 5.11 Å². The standard InChI is InChI=1S/C20H20N2O2/c1-3-15-9-5-7-11-17(15)21-13-14-22(19(21)20(23)24)18-12-8-6-10-16(18)4-2/h5-14H,3-4H2,1-2H3/p+1. The van der Waals surface area contributed by atoms with Crippen molar-refractivity contribution >= 4 is 5.97 Å². The van der Waals surface area contributed by atoms with E-state index in [9.17, 15) is 9.90 Å². The van der Waals surface area contributed by atoms with Crippen molar-refractivity contribution in [3.05, 3.63) is 77.9 Å². The molecule has 0 aliphatic rings. The van der Waals surface area contributed by atoms with Gasteiger partial charge in [0.15, 0.2) is 0 Å². The number of hydrogen-bond donors (Lipinski definition) is 1. The molecule has 0 unspecified atom stereocenters. The number of carbonyl (C=O) groups is 1. The van der Waals surface area contributed by atoms with E-state index in [1.54, 1.807) is 9.13 Å². The summed E-state index contributed by atoms with van der Waals surface area (Å²) >= 11 is 0. The maximum absolute atomic E-state index is 12.0. The van der Waals surface area contributed by atoms with Crippen LogP contribution in [0.25, 0.3) is 11.4 Å². The topological polar surface area (TPSA) is 46.1 Å². The number of benzene rings is 2. The highest BCUT2D eigenvalue weighted by Gasteiger charge is 2.29. The van der Waals surface area contributed by atoms with Gasteiger partial charge in [-0.15, -0.1) is 0 Å². The molecule has 24 heavy (non-hydrogen) atoms. The van der Waals surface area contributed by atoms with Crippen LogP contribution in [0.1, 0.15) is 35.6 Å². The minimum absolute atomic E-state index is 0.233. The minimum atomic E-state index is -0.947. The predicted octanol–water partition coefficient (Wildman–Crippen LogP) is 3.58. The van der Waals surface area contributed by atoms with Crippen LogP contribution in [0.2, 0.25) is 0 Å². The van der Waals surface area contributed by atoms with E-state index in [4.69, 9.17) is 0 Å². The van der Waals surface area contributed by atoms with Gasteiger partial charge in [0.2, 0.25) is 0 Å². The lowest BCUT2D eigenvalue weighted by Crippen LogP contribution is -2.38. The van der Waals surface area contributed by atoms with E-state index in [0.717, 1.165) is 35.3 Å². The molecule has 0 amide bonds. The van der Waals surface area contributed by atoms with Crippen LogP contribution in [0.3, 0.4) is 0 Å². The molecule has 0 spiro atoms. The van der Waals surface area contributed by atoms with Gasteiger partial charge in [-0.1, -0.05) is 50.2 Å². The van der Waals surface area contributed by atoms with Crippen LogP contribution < -0.4 is 4.57 Å². The molecule has 4 heteroatoms. The monoisotopic (exact) mass is 321 g/mol. The summed E-state index contributed by atoms with van der Waals surface area (Å²) in [7, 11) is 0. The zero-order valence-corrected chi connectivity index (χ0v) is 13.9. The predicted molar refractivity (Wildman–Crippen MR) is 93.0 cm³/mol. The summed E-state index contributed by atoms with van der Waals surface area (Å²) in [6.45, 7) is 4.15. The number of nitrogens with zero attached hydrogens (tertiary/aromatic N) is 2. The Hall–Kier alpha value is -2.88. The second kappa shape index (κ2) is 6.71. The lowest BCUT2D eigenvalue weighted by atomic mass is 10.1. The Morgan fingerprint density at radius 3 is 2.29 bits per heavy atom. The number of aromatic nitrogens is 2. The van der Waals surface area contributed by atoms with E-state index in [2.05, 4.69) is 13.8 Å². The van der Waals surface area contributed by atoms with Crippen LogP contribution in [-0.4, -0.2) is 15.6 Å². The lowest BCUT2D eigenvalue weighted by Gasteiger charge is -2.07. The number of carboxylic acid groups (broad SMARTS) is 1. The van der Waals surface area contributed by atoms with Crippen LogP contribution in [0.5, 0.6) is 0 Å². The van der Waals surface area contributed by atoms with E-state index in [1.165, 1.54) is 0 Å². The molecule has 2 aromatic carbocycles. The van der Waals surface area contributed by atoms with E-state index >= 15 is 0 Å². The molecule has 0 radical (unpaired) electrons. The first kappa shape index (κ1) is 16.0. The molecule has 1 N–H and O–H groups in total. The zero-order chi connectivity index (χ0) is 17.1. The van der Waals surface area contributed by atoms with Gasteiger partial charge in [-0.3, -0.25) is 0 Å². The highest BCUT2D eigenvalue weighted by molar-refractivity contribution is 5.83. The first-order valence-electron chi connectivity index (χ1n) is 8.20. The summed E-state index contributed by atoms with van der Waals surface area (Å²) in [5.74, 6) is -0.714. The maximum Gasteiger partial charge on any atom is 0.420 e. The molecule has 0 atom stereocenters. The van der Waals surface area contributed by atoms with Gasteiger partial charge in [0, 0.05) is 0 Å². The Balaban J connectivity index is 2.25. The SMILES string of the molecule is CCc1ccccc1-n1cc[n+](-c2ccccc2CC)c1C(=O)O. The molecular formula is C20H21N2O2+. The second-order valence-electron chi connectivity index (χ2n) is 5.63. The van der Waals surface area contributed by atoms with Crippen LogP contribution in [0.4, 0.5) is 0 Å². The largest absolute Gasteiger partial charge is 0.472 e. The normalized spacial score (nSPS) is 10.8. The molecule has 0 aliphatic heterocycles. The fourth-order valence-corrected chi connectivity index (χ4v) is 3.08. The molecule has 122 valence electrons. The number of carboxylic acids is 1. The van der Waals surface area contributed by atoms with E-state index in [1.807, 2.05) is 60.9 Å². The lowest BCUT2D eigenvalue weighted by molar-refractivity contribution is -0.598. The van der Waals surface area contributed by atoms with Gasteiger partial charge in [-0.05, 0) is 36.1 Å². The average molecular weight is 321 g/mol. The molecule has 1 heterocycles. The maximum atomic E-state index is 12.0. The Morgan fingerprint density at radius 1 is 1.00 bits per heavy atom. The molecule has 0 bridgehead atoms. The minimum Gasteiger partial charge on any atom is -0.472 e. The molecule has 0 saturated heterocycles. The van der Waals surface area contributed by atoms with E-state index in [-0.39, 0.29) is 5.82 Å². The fraction of sp³-hybridized carbons (Fsp3) is 0.200. The first-order chi connectivity index (χ1) is 11.7. The third-order valence-corrected chi connectivity index (χ3v) is 4.28. The van der Waals surface area contributed by atoms with Crippen LogP contribution in [0, 0.1) is 0 Å². The van der Waals surface area contributed by atoms with E-state index < -0.39 is 5.97 Å². The Bertz CT molecular complexity index is 816. The van der Waals surface area contributed by atoms with Crippen molar-refractivity contribution in [1.82, 2.24) is 4.57 Å². The molecule has 1 aromatic heterocycles. The van der Waals surface area contributed by atoms with Gasteiger partial charge >= 0.3 is 11.8 Å². The van der Waals surface area contributed by atoms with Gasteiger partial charge in [0.05, 0.1) is 0 Å². The summed E-state index contributed by atoms with van der Waals surface area (Å²) < 4.78 is 3.52. The number of rotatable bonds is 5. The Kier molecular flexibility index (Phi) is 4.47. The molecule has 0 aliphatic carbocycles. The number of para-hydroxylation sites is 2. The highest BCUT2D eigenvalue weighted by Crippen LogP contribution is 2.18. The third kappa shape index (κ3) is 2.71. The summed E-state index contributed by atoms with van der Waals surface area (Å²) in [6, 6.07) is 15.8. The highest BCUT2D eigenvalue weighted by atomic mass is 16.4. The second-order valence-corrected chi connectivity index (χ2v) is 5.63. The summed E-state index contributed by atoms with van der Waals surface area (Å²) in [5, 5.41) is 9.84. The summed E-state index contributed by atoms with van der Waals surface area (Å²) in [4.78, 5) is 12.0. The van der Waals surface area contributed by atoms with Crippen molar-refractivity contribution in [2.75, 3.05) is 0 Å². The van der Waals surface area contributed by atoms with Gasteiger partial charge in [-0.25, -0.2) is 4.79 Å². The number of hydrogen-bond acceptors (Lipinski definition) is 1. The summed E-state index contributed by atoms with van der Waals surface area (Å²) in [6.07, 6.45) is 5.34. The molecule has 3 rings (SSSR count). The molecular weight excluding hydrogens is 300 g/mol. The average Bonchev–Trinajstić information content (AvgIpc) is 3.06. The van der Waals surface area contributed by atoms with Gasteiger partial charge in [-0.2, -0.15) is 9.13 Å². The third-order valence-electron chi connectivity index (χ3n) is 4.28. The van der Waals surface area contributed by atoms with Crippen LogP contribution in [-0.2, 0) is 12.8 Å². The molecule has 0 fully saturated rings. The van der Waals surface area contributed by atoms with Crippen molar-refractivity contribution in [1.29, 1.82) is 0 Å². The molecule has 4 nitrogen and oxygen atoms in total. The molecule has 3 aromatic rings. The smallest absolute Gasteiger partial charge is 0.420 e. The van der Waals surface area contributed by atoms with Gasteiger partial charge in [0.25, 0.3) is 0 Å². The zero-order valence-electron chi connectivity index (χ0n) is 13.9. The Morgan fingerprint density at radius 2 is 1.62 bits per heavy atom. The fourth-order valence-electron chi connectivity index (χ4n) is 3.08. The van der Waals surface area contributed by atoms with Crippen molar-refractivity contribution in [2.24, 2.45) is 0 Å². The van der Waals surface area contributed by atoms with Crippen LogP contribution in [0.15, 0.2) is 60.9 Å². The van der Waals surface area contributed by atoms with Crippen molar-refractivity contribution in [3.63, 3.8) is 0 Å². The first-order valence-corrected chi connectivity index (χ1v) is 8.20.